The van der Waals surface area contributed by atoms with E-state index in [-0.39, 0.29) is 12.5 Å². The summed E-state index contributed by atoms with van der Waals surface area (Å²) in [5.41, 5.74) is -0.175. The highest BCUT2D eigenvalue weighted by molar-refractivity contribution is 6.30. The third-order valence-corrected chi connectivity index (χ3v) is 2.83. The molecule has 0 aliphatic heterocycles. The van der Waals surface area contributed by atoms with Crippen LogP contribution in [-0.4, -0.2) is 55.2 Å². The van der Waals surface area contributed by atoms with Crippen LogP contribution in [0, 0.1) is 0 Å². The minimum absolute atomic E-state index is 0.145. The molecule has 0 radical (unpaired) electrons. The van der Waals surface area contributed by atoms with Gasteiger partial charge in [-0.15, -0.1) is 0 Å². The SMILES string of the molecule is CN(C)CC(C)(O)CNCC(=O)Nc1ccc(Cl)cc1. The van der Waals surface area contributed by atoms with Crippen molar-refractivity contribution >= 4 is 23.2 Å². The molecule has 1 amide bonds. The monoisotopic (exact) mass is 299 g/mol. The second kappa shape index (κ2) is 7.59. The first-order valence-corrected chi connectivity index (χ1v) is 6.79. The van der Waals surface area contributed by atoms with Crippen LogP contribution in [0.4, 0.5) is 5.69 Å². The first-order chi connectivity index (χ1) is 9.28. The minimum atomic E-state index is -0.871. The minimum Gasteiger partial charge on any atom is -0.388 e. The van der Waals surface area contributed by atoms with E-state index in [1.807, 2.05) is 19.0 Å². The molecule has 0 saturated carbocycles. The van der Waals surface area contributed by atoms with Crippen LogP contribution in [-0.2, 0) is 4.79 Å². The molecule has 1 atom stereocenters. The molecule has 0 heterocycles. The molecule has 5 nitrogen and oxygen atoms in total. The lowest BCUT2D eigenvalue weighted by Crippen LogP contribution is -2.47. The molecule has 1 rings (SSSR count). The van der Waals surface area contributed by atoms with E-state index in [0.717, 1.165) is 0 Å². The van der Waals surface area contributed by atoms with Crippen molar-refractivity contribution in [3.05, 3.63) is 29.3 Å². The number of carbonyl (C=O) groups excluding carboxylic acids is 1. The number of hydrogen-bond acceptors (Lipinski definition) is 4. The van der Waals surface area contributed by atoms with E-state index in [0.29, 0.717) is 23.8 Å². The van der Waals surface area contributed by atoms with Gasteiger partial charge in [0.25, 0.3) is 0 Å². The summed E-state index contributed by atoms with van der Waals surface area (Å²) in [7, 11) is 3.78. The topological polar surface area (TPSA) is 64.6 Å². The van der Waals surface area contributed by atoms with Crippen molar-refractivity contribution in [2.45, 2.75) is 12.5 Å². The number of nitrogens with one attached hydrogen (secondary N) is 2. The second-order valence-corrected chi connectivity index (χ2v) is 5.83. The molecule has 3 N–H and O–H groups in total. The molecular formula is C14H22ClN3O2. The Hall–Kier alpha value is -1.14. The zero-order chi connectivity index (χ0) is 15.2. The number of aliphatic hydroxyl groups is 1. The molecule has 1 aromatic rings. The molecule has 0 spiro atoms. The summed E-state index contributed by atoms with van der Waals surface area (Å²) < 4.78 is 0. The van der Waals surface area contributed by atoms with Gasteiger partial charge < -0.3 is 20.6 Å². The Balaban J connectivity index is 2.31. The fraction of sp³-hybridized carbons (Fsp3) is 0.500. The molecule has 112 valence electrons. The van der Waals surface area contributed by atoms with Crippen LogP contribution in [0.25, 0.3) is 0 Å². The highest BCUT2D eigenvalue weighted by Gasteiger charge is 2.20. The lowest BCUT2D eigenvalue weighted by atomic mass is 10.1. The van der Waals surface area contributed by atoms with Gasteiger partial charge in [-0.25, -0.2) is 0 Å². The summed E-state index contributed by atoms with van der Waals surface area (Å²) in [6, 6.07) is 6.91. The molecule has 0 fully saturated rings. The molecule has 6 heteroatoms. The third kappa shape index (κ3) is 6.86. The van der Waals surface area contributed by atoms with Crippen molar-refractivity contribution in [3.8, 4) is 0 Å². The number of likely N-dealkylation sites (N-methyl/N-ethyl adjacent to an activating group) is 1. The molecular weight excluding hydrogens is 278 g/mol. The molecule has 0 bridgehead atoms. The van der Waals surface area contributed by atoms with Crippen LogP contribution in [0.15, 0.2) is 24.3 Å². The Morgan fingerprint density at radius 1 is 1.35 bits per heavy atom. The Labute approximate surface area is 124 Å². The predicted octanol–water partition coefficient (Wildman–Crippen LogP) is 1.18. The second-order valence-electron chi connectivity index (χ2n) is 5.39. The smallest absolute Gasteiger partial charge is 0.238 e. The maximum absolute atomic E-state index is 11.7. The molecule has 0 aliphatic rings. The number of halogens is 1. The summed E-state index contributed by atoms with van der Waals surface area (Å²) in [5, 5.41) is 16.4. The van der Waals surface area contributed by atoms with Crippen LogP contribution in [0.5, 0.6) is 0 Å². The molecule has 0 aromatic heterocycles. The van der Waals surface area contributed by atoms with Gasteiger partial charge in [0.2, 0.25) is 5.91 Å². The normalized spacial score (nSPS) is 14.1. The van der Waals surface area contributed by atoms with Crippen molar-refractivity contribution in [1.82, 2.24) is 10.2 Å². The van der Waals surface area contributed by atoms with Crippen LogP contribution in [0.1, 0.15) is 6.92 Å². The predicted molar refractivity (Wildman–Crippen MR) is 82.1 cm³/mol. The number of carbonyl (C=O) groups is 1. The number of rotatable bonds is 7. The van der Waals surface area contributed by atoms with E-state index in [1.165, 1.54) is 0 Å². The van der Waals surface area contributed by atoms with E-state index in [9.17, 15) is 9.90 Å². The maximum Gasteiger partial charge on any atom is 0.238 e. The van der Waals surface area contributed by atoms with Crippen molar-refractivity contribution in [2.75, 3.05) is 39.0 Å². The highest BCUT2D eigenvalue weighted by Crippen LogP contribution is 2.13. The number of anilines is 1. The third-order valence-electron chi connectivity index (χ3n) is 2.58. The quantitative estimate of drug-likeness (QED) is 0.707. The number of amides is 1. The van der Waals surface area contributed by atoms with Crippen LogP contribution < -0.4 is 10.6 Å². The van der Waals surface area contributed by atoms with Gasteiger partial charge in [-0.1, -0.05) is 11.6 Å². The van der Waals surface area contributed by atoms with Crippen LogP contribution in [0.3, 0.4) is 0 Å². The van der Waals surface area contributed by atoms with Gasteiger partial charge in [-0.2, -0.15) is 0 Å². The van der Waals surface area contributed by atoms with Crippen molar-refractivity contribution < 1.29 is 9.90 Å². The number of benzene rings is 1. The summed E-state index contributed by atoms with van der Waals surface area (Å²) in [4.78, 5) is 13.6. The van der Waals surface area contributed by atoms with E-state index in [1.54, 1.807) is 31.2 Å². The number of nitrogens with zero attached hydrogens (tertiary/aromatic N) is 1. The summed E-state index contributed by atoms with van der Waals surface area (Å²) in [6.45, 7) is 2.75. The van der Waals surface area contributed by atoms with Gasteiger partial charge in [0.15, 0.2) is 0 Å². The highest BCUT2D eigenvalue weighted by atomic mass is 35.5. The molecule has 1 unspecified atom stereocenters. The largest absolute Gasteiger partial charge is 0.388 e. The summed E-state index contributed by atoms with van der Waals surface area (Å²) in [5.74, 6) is -0.159. The van der Waals surface area contributed by atoms with Gasteiger partial charge in [0.1, 0.15) is 0 Å². The lowest BCUT2D eigenvalue weighted by molar-refractivity contribution is -0.115. The summed E-state index contributed by atoms with van der Waals surface area (Å²) in [6.07, 6.45) is 0. The maximum atomic E-state index is 11.7. The van der Waals surface area contributed by atoms with E-state index in [4.69, 9.17) is 11.6 Å². The number of hydrogen-bond donors (Lipinski definition) is 3. The Kier molecular flexibility index (Phi) is 6.42. The Morgan fingerprint density at radius 2 is 1.95 bits per heavy atom. The van der Waals surface area contributed by atoms with Gasteiger partial charge in [0.05, 0.1) is 12.1 Å². The zero-order valence-corrected chi connectivity index (χ0v) is 12.9. The molecule has 0 aliphatic carbocycles. The lowest BCUT2D eigenvalue weighted by Gasteiger charge is -2.27. The van der Waals surface area contributed by atoms with E-state index in [2.05, 4.69) is 10.6 Å². The van der Waals surface area contributed by atoms with Gasteiger partial charge in [-0.3, -0.25) is 4.79 Å². The summed E-state index contributed by atoms with van der Waals surface area (Å²) >= 11 is 5.77. The van der Waals surface area contributed by atoms with Crippen LogP contribution in [0.2, 0.25) is 5.02 Å². The van der Waals surface area contributed by atoms with Gasteiger partial charge in [0, 0.05) is 23.8 Å². The van der Waals surface area contributed by atoms with Crippen molar-refractivity contribution in [2.24, 2.45) is 0 Å². The fourth-order valence-corrected chi connectivity index (χ4v) is 2.05. The van der Waals surface area contributed by atoms with Crippen LogP contribution >= 0.6 is 11.6 Å². The average Bonchev–Trinajstić information content (AvgIpc) is 2.30. The van der Waals surface area contributed by atoms with Crippen molar-refractivity contribution in [3.63, 3.8) is 0 Å². The molecule has 0 saturated heterocycles. The fourth-order valence-electron chi connectivity index (χ4n) is 1.92. The van der Waals surface area contributed by atoms with E-state index < -0.39 is 5.60 Å². The molecule has 20 heavy (non-hydrogen) atoms. The Morgan fingerprint density at radius 3 is 2.50 bits per heavy atom. The Bertz CT molecular complexity index is 433. The zero-order valence-electron chi connectivity index (χ0n) is 12.1. The standard InChI is InChI=1S/C14H22ClN3O2/c1-14(20,10-18(2)3)9-16-8-13(19)17-12-6-4-11(15)5-7-12/h4-7,16,20H,8-10H2,1-3H3,(H,17,19). The van der Waals surface area contributed by atoms with E-state index >= 15 is 0 Å². The molecule has 1 aromatic carbocycles. The average molecular weight is 300 g/mol. The van der Waals surface area contributed by atoms with Gasteiger partial charge >= 0.3 is 0 Å². The first-order valence-electron chi connectivity index (χ1n) is 6.42. The first kappa shape index (κ1) is 16.9. The van der Waals surface area contributed by atoms with Crippen molar-refractivity contribution in [1.29, 1.82) is 0 Å². The van der Waals surface area contributed by atoms with Gasteiger partial charge in [-0.05, 0) is 45.3 Å².